The second kappa shape index (κ2) is 11.0. The van der Waals surface area contributed by atoms with Crippen LogP contribution in [0.5, 0.6) is 5.75 Å². The molecule has 2 aliphatic heterocycles. The van der Waals surface area contributed by atoms with Crippen molar-refractivity contribution in [3.05, 3.63) is 113 Å². The fraction of sp³-hybridized carbons (Fsp3) is 0.182. The maximum Gasteiger partial charge on any atom is 0.283 e. The van der Waals surface area contributed by atoms with E-state index in [0.29, 0.717) is 24.2 Å². The first-order valence-electron chi connectivity index (χ1n) is 13.5. The van der Waals surface area contributed by atoms with E-state index in [-0.39, 0.29) is 11.4 Å². The summed E-state index contributed by atoms with van der Waals surface area (Å²) < 4.78 is 8.40. The fourth-order valence-electron chi connectivity index (χ4n) is 5.14. The molecule has 2 aliphatic rings. The van der Waals surface area contributed by atoms with Gasteiger partial charge in [-0.1, -0.05) is 92.3 Å². The molecular weight excluding hydrogens is 516 g/mol. The van der Waals surface area contributed by atoms with E-state index in [1.54, 1.807) is 11.0 Å². The van der Waals surface area contributed by atoms with Gasteiger partial charge in [-0.05, 0) is 41.7 Å². The van der Waals surface area contributed by atoms with Crippen molar-refractivity contribution in [3.63, 3.8) is 0 Å². The molecule has 0 aliphatic carbocycles. The Morgan fingerprint density at radius 3 is 2.60 bits per heavy atom. The van der Waals surface area contributed by atoms with Crippen molar-refractivity contribution in [3.8, 4) is 5.75 Å². The minimum absolute atomic E-state index is 0.136. The number of fused-ring (bicyclic) bond motifs is 2. The zero-order chi connectivity index (χ0) is 27.6. The summed E-state index contributed by atoms with van der Waals surface area (Å²) in [5.74, 6) is 1.10. The molecule has 1 amide bonds. The molecule has 0 saturated heterocycles. The summed E-state index contributed by atoms with van der Waals surface area (Å²) in [5.41, 5.74) is 5.25. The number of carbonyl (C=O) groups is 1. The largest absolute Gasteiger partial charge is 0.491 e. The van der Waals surface area contributed by atoms with E-state index in [4.69, 9.17) is 10.1 Å². The van der Waals surface area contributed by atoms with Crippen LogP contribution >= 0.6 is 11.8 Å². The topological polar surface area (TPSA) is 70.7 Å². The van der Waals surface area contributed by atoms with E-state index < -0.39 is 5.91 Å². The van der Waals surface area contributed by atoms with Crippen molar-refractivity contribution >= 4 is 51.3 Å². The Hall–Kier alpha value is -4.36. The molecule has 40 heavy (non-hydrogen) atoms. The molecule has 6 nitrogen and oxygen atoms in total. The zero-order valence-electron chi connectivity index (χ0n) is 22.5. The van der Waals surface area contributed by atoms with Crippen molar-refractivity contribution in [2.45, 2.75) is 32.7 Å². The normalized spacial score (nSPS) is 16.8. The number of hydrogen-bond donors (Lipinski definition) is 1. The lowest BCUT2D eigenvalue weighted by molar-refractivity contribution is -0.114. The van der Waals surface area contributed by atoms with Gasteiger partial charge in [0.15, 0.2) is 5.17 Å². The number of thioether (sulfide) groups is 1. The third-order valence-electron chi connectivity index (χ3n) is 7.46. The zero-order valence-corrected chi connectivity index (χ0v) is 23.3. The summed E-state index contributed by atoms with van der Waals surface area (Å²) in [7, 11) is 0. The summed E-state index contributed by atoms with van der Waals surface area (Å²) in [6.07, 6.45) is 4.89. The fourth-order valence-corrected chi connectivity index (χ4v) is 6.03. The van der Waals surface area contributed by atoms with Gasteiger partial charge in [-0.15, -0.1) is 0 Å². The van der Waals surface area contributed by atoms with Gasteiger partial charge in [0.2, 0.25) is 0 Å². The molecule has 200 valence electrons. The average molecular weight is 547 g/mol. The molecule has 0 radical (unpaired) electrons. The Morgan fingerprint density at radius 2 is 1.77 bits per heavy atom. The summed E-state index contributed by atoms with van der Waals surface area (Å²) in [5, 5.41) is 12.5. The van der Waals surface area contributed by atoms with Crippen LogP contribution in [0.1, 0.15) is 42.9 Å². The van der Waals surface area contributed by atoms with Crippen molar-refractivity contribution < 1.29 is 9.53 Å². The number of amidine groups is 2. The number of amides is 1. The quantitative estimate of drug-likeness (QED) is 0.232. The first kappa shape index (κ1) is 25.9. The average Bonchev–Trinajstić information content (AvgIpc) is 3.57. The third kappa shape index (κ3) is 4.77. The van der Waals surface area contributed by atoms with Gasteiger partial charge in [-0.2, -0.15) is 4.99 Å². The van der Waals surface area contributed by atoms with Gasteiger partial charge in [0.25, 0.3) is 5.91 Å². The van der Waals surface area contributed by atoms with Crippen LogP contribution in [0.2, 0.25) is 0 Å². The number of para-hydroxylation sites is 2. The molecule has 0 bridgehead atoms. The summed E-state index contributed by atoms with van der Waals surface area (Å²) in [6.45, 7) is 5.57. The molecule has 1 atom stereocenters. The molecule has 1 N–H and O–H groups in total. The Bertz CT molecular complexity index is 1700. The monoisotopic (exact) mass is 546 g/mol. The number of hydrogen-bond acceptors (Lipinski definition) is 4. The number of benzene rings is 3. The van der Waals surface area contributed by atoms with E-state index in [9.17, 15) is 4.79 Å². The first-order valence-corrected chi connectivity index (χ1v) is 14.4. The van der Waals surface area contributed by atoms with Crippen LogP contribution in [0.4, 0.5) is 0 Å². The van der Waals surface area contributed by atoms with Gasteiger partial charge >= 0.3 is 0 Å². The molecule has 4 aromatic rings. The number of carbonyl (C=O) groups excluding carboxylic acids is 1. The van der Waals surface area contributed by atoms with E-state index in [1.165, 1.54) is 17.3 Å². The number of ether oxygens (including phenoxy) is 1. The first-order chi connectivity index (χ1) is 19.5. The lowest BCUT2D eigenvalue weighted by Crippen LogP contribution is -2.38. The Balaban J connectivity index is 1.28. The van der Waals surface area contributed by atoms with Gasteiger partial charge < -0.3 is 9.30 Å². The molecule has 0 fully saturated rings. The van der Waals surface area contributed by atoms with Crippen LogP contribution in [0.15, 0.2) is 101 Å². The summed E-state index contributed by atoms with van der Waals surface area (Å²) in [6, 6.07) is 26.3. The summed E-state index contributed by atoms with van der Waals surface area (Å²) >= 11 is 1.37. The van der Waals surface area contributed by atoms with E-state index in [2.05, 4.69) is 41.6 Å². The third-order valence-corrected chi connectivity index (χ3v) is 8.28. The molecule has 1 aromatic heterocycles. The number of aromatic nitrogens is 1. The molecule has 6 rings (SSSR count). The maximum atomic E-state index is 13.1. The highest BCUT2D eigenvalue weighted by molar-refractivity contribution is 8.17. The minimum atomic E-state index is -0.395. The van der Waals surface area contributed by atoms with Crippen LogP contribution in [0.25, 0.3) is 22.7 Å². The number of nitrogens with zero attached hydrogens (tertiary/aromatic N) is 3. The molecule has 0 saturated carbocycles. The molecule has 0 unspecified atom stereocenters. The van der Waals surface area contributed by atoms with E-state index in [0.717, 1.165) is 39.9 Å². The Kier molecular flexibility index (Phi) is 7.13. The highest BCUT2D eigenvalue weighted by Crippen LogP contribution is 2.38. The van der Waals surface area contributed by atoms with Gasteiger partial charge in [-0.3, -0.25) is 15.1 Å². The number of aliphatic imine (C=N–C) groups is 1. The van der Waals surface area contributed by atoms with Gasteiger partial charge in [0, 0.05) is 28.1 Å². The van der Waals surface area contributed by atoms with Gasteiger partial charge in [-0.25, -0.2) is 0 Å². The number of nitrogens with one attached hydrogen (secondary N) is 1. The SMILES string of the molecule is CC[C@H](C)c1ccccc1OCCn1cc(/C=C2\C(=N)N3C(c4ccccc4)=CSC3=NC2=O)c2ccccc21. The molecule has 3 heterocycles. The highest BCUT2D eigenvalue weighted by atomic mass is 32.2. The van der Waals surface area contributed by atoms with Crippen molar-refractivity contribution in [2.24, 2.45) is 4.99 Å². The maximum absolute atomic E-state index is 13.1. The molecule has 7 heteroatoms. The smallest absolute Gasteiger partial charge is 0.283 e. The van der Waals surface area contributed by atoms with Crippen LogP contribution in [-0.4, -0.2) is 33.0 Å². The molecular formula is C33H30N4O2S. The Labute approximate surface area is 238 Å². The summed E-state index contributed by atoms with van der Waals surface area (Å²) in [4.78, 5) is 19.2. The molecule has 0 spiro atoms. The second-order valence-corrected chi connectivity index (χ2v) is 10.8. The van der Waals surface area contributed by atoms with Gasteiger partial charge in [0.05, 0.1) is 17.8 Å². The van der Waals surface area contributed by atoms with Crippen LogP contribution in [0.3, 0.4) is 0 Å². The van der Waals surface area contributed by atoms with Crippen LogP contribution in [-0.2, 0) is 11.3 Å². The van der Waals surface area contributed by atoms with E-state index in [1.807, 2.05) is 72.3 Å². The highest BCUT2D eigenvalue weighted by Gasteiger charge is 2.36. The predicted molar refractivity (Wildman–Crippen MR) is 165 cm³/mol. The minimum Gasteiger partial charge on any atom is -0.491 e. The van der Waals surface area contributed by atoms with Crippen molar-refractivity contribution in [1.29, 1.82) is 5.41 Å². The van der Waals surface area contributed by atoms with Crippen LogP contribution < -0.4 is 4.74 Å². The lowest BCUT2D eigenvalue weighted by Gasteiger charge is -2.26. The van der Waals surface area contributed by atoms with Gasteiger partial charge in [0.1, 0.15) is 18.2 Å². The lowest BCUT2D eigenvalue weighted by atomic mass is 9.98. The van der Waals surface area contributed by atoms with Crippen molar-refractivity contribution in [1.82, 2.24) is 9.47 Å². The number of rotatable bonds is 8. The second-order valence-electron chi connectivity index (χ2n) is 9.92. The predicted octanol–water partition coefficient (Wildman–Crippen LogP) is 7.54. The standard InChI is InChI=1S/C33H30N4O2S/c1-3-22(2)25-13-8-10-16-30(25)39-18-17-36-20-24(26-14-7-9-15-28(26)36)19-27-31(34)37-29(23-11-5-4-6-12-23)21-40-33(37)35-32(27)38/h4-16,19-22,34H,3,17-18H2,1-2H3/b27-19+,34-31?/t22-/m0/s1. The van der Waals surface area contributed by atoms with E-state index >= 15 is 0 Å². The van der Waals surface area contributed by atoms with Crippen LogP contribution in [0, 0.1) is 5.41 Å². The molecule has 3 aromatic carbocycles. The Morgan fingerprint density at radius 1 is 1.02 bits per heavy atom. The van der Waals surface area contributed by atoms with Crippen molar-refractivity contribution in [2.75, 3.05) is 6.61 Å².